The molecule has 0 saturated heterocycles. The van der Waals surface area contributed by atoms with E-state index in [4.69, 9.17) is 4.74 Å². The quantitative estimate of drug-likeness (QED) is 0.613. The summed E-state index contributed by atoms with van der Waals surface area (Å²) < 4.78 is 34.3. The van der Waals surface area contributed by atoms with Crippen molar-refractivity contribution < 1.29 is 13.5 Å². The first-order valence-corrected chi connectivity index (χ1v) is 9.56. The Labute approximate surface area is 144 Å². The molecule has 1 aromatic carbocycles. The Morgan fingerprint density at radius 1 is 0.875 bits per heavy atom. The molecule has 3 heteroatoms. The van der Waals surface area contributed by atoms with Crippen LogP contribution >= 0.6 is 0 Å². The van der Waals surface area contributed by atoms with Gasteiger partial charge in [0, 0.05) is 0 Å². The van der Waals surface area contributed by atoms with E-state index in [1.165, 1.54) is 11.1 Å². The molecule has 0 atom stereocenters. The molecule has 2 aliphatic rings. The predicted molar refractivity (Wildman–Crippen MR) is 93.3 cm³/mol. The number of hydrogen-bond acceptors (Lipinski definition) is 1. The van der Waals surface area contributed by atoms with Gasteiger partial charge in [-0.15, -0.1) is 0 Å². The minimum atomic E-state index is -2.94. The Kier molecular flexibility index (Phi) is 5.59. The molecule has 2 aliphatic carbocycles. The molecule has 134 valence electrons. The second-order valence-corrected chi connectivity index (χ2v) is 8.02. The van der Waals surface area contributed by atoms with Crippen LogP contribution in [-0.4, -0.2) is 12.2 Å². The number of alkyl halides is 2. The van der Waals surface area contributed by atoms with Crippen LogP contribution in [-0.2, 0) is 4.74 Å². The monoisotopic (exact) mass is 336 g/mol. The van der Waals surface area contributed by atoms with E-state index in [1.807, 2.05) is 0 Å². The summed E-state index contributed by atoms with van der Waals surface area (Å²) in [6.45, 7) is 4.24. The van der Waals surface area contributed by atoms with Gasteiger partial charge in [0.25, 0.3) is 0 Å². The van der Waals surface area contributed by atoms with Crippen molar-refractivity contribution in [2.75, 3.05) is 0 Å². The molecule has 0 N–H and O–H groups in total. The first-order chi connectivity index (χ1) is 11.4. The number of ether oxygens (including phenoxy) is 1. The molecule has 0 radical (unpaired) electrons. The number of hydrogen-bond donors (Lipinski definition) is 0. The standard InChI is InChI=1S/C21H30F2O/c1-15-3-7-17(8-4-15)18-9-13-20(14-10-18)24-21(22,23)19-11-5-16(2)6-12-19/h3-4,7-8,16,18-20H,5-6,9-14H2,1-2H3. The van der Waals surface area contributed by atoms with Gasteiger partial charge in [0.05, 0.1) is 12.0 Å². The molecule has 1 aromatic rings. The summed E-state index contributed by atoms with van der Waals surface area (Å²) in [6, 6.07) is 8.63. The molecule has 0 aliphatic heterocycles. The van der Waals surface area contributed by atoms with Gasteiger partial charge in [-0.2, -0.15) is 8.78 Å². The first-order valence-electron chi connectivity index (χ1n) is 9.56. The highest BCUT2D eigenvalue weighted by atomic mass is 19.3. The van der Waals surface area contributed by atoms with Gasteiger partial charge < -0.3 is 4.74 Å². The molecule has 0 unspecified atom stereocenters. The summed E-state index contributed by atoms with van der Waals surface area (Å²) in [4.78, 5) is 0. The van der Waals surface area contributed by atoms with Crippen molar-refractivity contribution in [1.29, 1.82) is 0 Å². The van der Waals surface area contributed by atoms with Crippen molar-refractivity contribution in [3.63, 3.8) is 0 Å². The van der Waals surface area contributed by atoms with Crippen LogP contribution in [0.25, 0.3) is 0 Å². The van der Waals surface area contributed by atoms with E-state index in [0.717, 1.165) is 38.5 Å². The maximum absolute atomic E-state index is 14.5. The Morgan fingerprint density at radius 2 is 1.46 bits per heavy atom. The first kappa shape index (κ1) is 17.8. The van der Waals surface area contributed by atoms with Crippen molar-refractivity contribution in [3.8, 4) is 0 Å². The summed E-state index contributed by atoms with van der Waals surface area (Å²) in [5.41, 5.74) is 2.60. The number of benzene rings is 1. The van der Waals surface area contributed by atoms with E-state index >= 15 is 0 Å². The van der Waals surface area contributed by atoms with Gasteiger partial charge in [0.1, 0.15) is 0 Å². The van der Waals surface area contributed by atoms with E-state index < -0.39 is 12.0 Å². The molecule has 2 saturated carbocycles. The van der Waals surface area contributed by atoms with Crippen LogP contribution in [0, 0.1) is 18.8 Å². The molecule has 3 rings (SSSR count). The molecule has 1 nitrogen and oxygen atoms in total. The molecule has 24 heavy (non-hydrogen) atoms. The topological polar surface area (TPSA) is 9.23 Å². The van der Waals surface area contributed by atoms with Gasteiger partial charge in [-0.3, -0.25) is 0 Å². The second-order valence-electron chi connectivity index (χ2n) is 8.02. The van der Waals surface area contributed by atoms with Crippen LogP contribution in [0.4, 0.5) is 8.78 Å². The number of halogens is 2. The van der Waals surface area contributed by atoms with E-state index in [9.17, 15) is 8.78 Å². The van der Waals surface area contributed by atoms with Crippen LogP contribution < -0.4 is 0 Å². The third-order valence-corrected chi connectivity index (χ3v) is 6.04. The van der Waals surface area contributed by atoms with Crippen molar-refractivity contribution >= 4 is 0 Å². The molecule has 2 fully saturated rings. The SMILES string of the molecule is Cc1ccc(C2CCC(OC(F)(F)C3CCC(C)CC3)CC2)cc1. The second kappa shape index (κ2) is 7.51. The van der Waals surface area contributed by atoms with Gasteiger partial charge in [0.15, 0.2) is 0 Å². The average Bonchev–Trinajstić information content (AvgIpc) is 2.56. The number of aryl methyl sites for hydroxylation is 1. The zero-order valence-electron chi connectivity index (χ0n) is 14.9. The molecule has 0 aromatic heterocycles. The maximum atomic E-state index is 14.5. The van der Waals surface area contributed by atoms with E-state index in [1.54, 1.807) is 0 Å². The van der Waals surface area contributed by atoms with Crippen molar-refractivity contribution in [2.45, 2.75) is 83.3 Å². The summed E-state index contributed by atoms with van der Waals surface area (Å²) >= 11 is 0. The fourth-order valence-corrected chi connectivity index (χ4v) is 4.27. The summed E-state index contributed by atoms with van der Waals surface area (Å²) in [6.07, 6.45) is 3.20. The van der Waals surface area contributed by atoms with Crippen molar-refractivity contribution in [3.05, 3.63) is 35.4 Å². The Bertz CT molecular complexity index is 509. The van der Waals surface area contributed by atoms with Crippen LogP contribution in [0.15, 0.2) is 24.3 Å². The Hall–Kier alpha value is -0.960. The molecular formula is C21H30F2O. The predicted octanol–water partition coefficient (Wildman–Crippen LogP) is 6.46. The lowest BCUT2D eigenvalue weighted by Gasteiger charge is -2.36. The van der Waals surface area contributed by atoms with Crippen molar-refractivity contribution in [2.24, 2.45) is 11.8 Å². The third-order valence-electron chi connectivity index (χ3n) is 6.04. The molecule has 0 spiro atoms. The van der Waals surface area contributed by atoms with Crippen LogP contribution in [0.5, 0.6) is 0 Å². The lowest BCUT2D eigenvalue weighted by Crippen LogP contribution is -2.38. The highest BCUT2D eigenvalue weighted by Gasteiger charge is 2.44. The smallest absolute Gasteiger partial charge is 0.317 e. The molecule has 0 heterocycles. The van der Waals surface area contributed by atoms with Gasteiger partial charge in [-0.05, 0) is 62.8 Å². The fraction of sp³-hybridized carbons (Fsp3) is 0.714. The zero-order valence-corrected chi connectivity index (χ0v) is 14.9. The zero-order chi connectivity index (χ0) is 17.2. The summed E-state index contributed by atoms with van der Waals surface area (Å²) in [5.74, 6) is 0.500. The minimum absolute atomic E-state index is 0.277. The maximum Gasteiger partial charge on any atom is 0.358 e. The third kappa shape index (κ3) is 4.36. The summed E-state index contributed by atoms with van der Waals surface area (Å²) in [7, 11) is 0. The average molecular weight is 336 g/mol. The highest BCUT2D eigenvalue weighted by molar-refractivity contribution is 5.24. The van der Waals surface area contributed by atoms with E-state index in [-0.39, 0.29) is 6.10 Å². The highest BCUT2D eigenvalue weighted by Crippen LogP contribution is 2.42. The van der Waals surface area contributed by atoms with Crippen molar-refractivity contribution in [1.82, 2.24) is 0 Å². The van der Waals surface area contributed by atoms with Crippen LogP contribution in [0.3, 0.4) is 0 Å². The largest absolute Gasteiger partial charge is 0.358 e. The molecule has 0 amide bonds. The van der Waals surface area contributed by atoms with Crippen LogP contribution in [0.1, 0.15) is 75.3 Å². The summed E-state index contributed by atoms with van der Waals surface area (Å²) in [5, 5.41) is 0. The minimum Gasteiger partial charge on any atom is -0.317 e. The number of rotatable bonds is 4. The van der Waals surface area contributed by atoms with E-state index in [0.29, 0.717) is 24.7 Å². The van der Waals surface area contributed by atoms with Crippen LogP contribution in [0.2, 0.25) is 0 Å². The fourth-order valence-electron chi connectivity index (χ4n) is 4.27. The lowest BCUT2D eigenvalue weighted by molar-refractivity contribution is -0.301. The van der Waals surface area contributed by atoms with Gasteiger partial charge in [-0.1, -0.05) is 49.6 Å². The normalized spacial score (nSPS) is 31.8. The molecule has 0 bridgehead atoms. The van der Waals surface area contributed by atoms with Gasteiger partial charge in [-0.25, -0.2) is 0 Å². The Morgan fingerprint density at radius 3 is 2.04 bits per heavy atom. The molecular weight excluding hydrogens is 306 g/mol. The van der Waals surface area contributed by atoms with Gasteiger partial charge in [0.2, 0.25) is 0 Å². The Balaban J connectivity index is 1.50. The van der Waals surface area contributed by atoms with E-state index in [2.05, 4.69) is 38.1 Å². The lowest BCUT2D eigenvalue weighted by atomic mass is 9.81. The van der Waals surface area contributed by atoms with Gasteiger partial charge >= 0.3 is 6.11 Å².